The molecule has 3 N–H and O–H groups in total. The molecule has 2 heterocycles. The third-order valence-corrected chi connectivity index (χ3v) is 6.02. The monoisotopic (exact) mass is 363 g/mol. The summed E-state index contributed by atoms with van der Waals surface area (Å²) < 4.78 is 11.7. The molecule has 4 rings (SSSR count). The molecule has 0 bridgehead atoms. The van der Waals surface area contributed by atoms with E-state index < -0.39 is 22.7 Å². The zero-order valence-corrected chi connectivity index (χ0v) is 14.1. The Morgan fingerprint density at radius 1 is 1.33 bits per heavy atom. The minimum Gasteiger partial charge on any atom is -0.311 e. The molecule has 8 heteroatoms. The first-order valence-corrected chi connectivity index (χ1v) is 8.15. The molecule has 1 spiro atoms. The molecule has 1 saturated carbocycles. The summed E-state index contributed by atoms with van der Waals surface area (Å²) in [6.07, 6.45) is -0.235. The lowest BCUT2D eigenvalue weighted by Crippen LogP contribution is -2.90. The molecule has 6 nitrogen and oxygen atoms in total. The van der Waals surface area contributed by atoms with Crippen LogP contribution in [-0.2, 0) is 9.47 Å². The highest BCUT2D eigenvalue weighted by atomic mass is 35.5. The van der Waals surface area contributed by atoms with Crippen molar-refractivity contribution in [1.29, 1.82) is 10.5 Å². The number of nitrogens with two attached hydrogens (primary N) is 1. The summed E-state index contributed by atoms with van der Waals surface area (Å²) in [5, 5.41) is 20.6. The zero-order chi connectivity index (χ0) is 17.3. The Kier molecular flexibility index (Phi) is 3.02. The number of benzene rings is 1. The van der Waals surface area contributed by atoms with Gasteiger partial charge in [-0.15, -0.1) is 0 Å². The van der Waals surface area contributed by atoms with Crippen molar-refractivity contribution in [2.45, 2.75) is 24.9 Å². The van der Waals surface area contributed by atoms with Gasteiger partial charge >= 0.3 is 5.91 Å². The van der Waals surface area contributed by atoms with Crippen LogP contribution in [0.5, 0.6) is 0 Å². The molecule has 2 aliphatic heterocycles. The van der Waals surface area contributed by atoms with E-state index in [-0.39, 0.29) is 11.9 Å². The third kappa shape index (κ3) is 1.42. The van der Waals surface area contributed by atoms with E-state index in [1.54, 1.807) is 18.2 Å². The maximum Gasteiger partial charge on any atom is 0.343 e. The maximum atomic E-state index is 10.0. The summed E-state index contributed by atoms with van der Waals surface area (Å²) in [6, 6.07) is 9.57. The number of fused-ring (bicyclic) bond motifs is 2. The summed E-state index contributed by atoms with van der Waals surface area (Å²) in [5.41, 5.74) is 4.10. The molecule has 2 fully saturated rings. The first-order chi connectivity index (χ1) is 11.4. The van der Waals surface area contributed by atoms with Gasteiger partial charge in [-0.2, -0.15) is 10.5 Å². The summed E-state index contributed by atoms with van der Waals surface area (Å²) in [6.45, 7) is 2.12. The summed E-state index contributed by atoms with van der Waals surface area (Å²) in [4.78, 5) is 2.91. The van der Waals surface area contributed by atoms with Gasteiger partial charge in [0.1, 0.15) is 0 Å². The van der Waals surface area contributed by atoms with Gasteiger partial charge in [-0.05, 0) is 18.6 Å². The highest BCUT2D eigenvalue weighted by Crippen LogP contribution is 2.79. The van der Waals surface area contributed by atoms with Gasteiger partial charge in [0.25, 0.3) is 5.84 Å². The molecule has 0 amide bonds. The van der Waals surface area contributed by atoms with Gasteiger partial charge in [-0.25, -0.2) is 4.99 Å². The van der Waals surface area contributed by atoms with E-state index >= 15 is 0 Å². The van der Waals surface area contributed by atoms with Crippen LogP contribution in [0.25, 0.3) is 0 Å². The molecule has 1 saturated heterocycles. The van der Waals surface area contributed by atoms with Crippen LogP contribution in [0.4, 0.5) is 0 Å². The number of rotatable bonds is 1. The minimum absolute atomic E-state index is 0.154. The van der Waals surface area contributed by atoms with E-state index in [1.807, 2.05) is 6.92 Å². The van der Waals surface area contributed by atoms with Crippen LogP contribution in [0.3, 0.4) is 0 Å². The molecular formula is C16H13Cl2N4O2+. The SMILES string of the molecule is C[C@@H]1CO[C@@]2([NH+]=C(N)[C@@]3(C#N)[C@@H](c4cccc(Cl)c4Cl)[C@@]23C#N)O1. The van der Waals surface area contributed by atoms with Gasteiger partial charge in [0, 0.05) is 5.92 Å². The zero-order valence-electron chi connectivity index (χ0n) is 12.6. The Bertz CT molecular complexity index is 876. The van der Waals surface area contributed by atoms with E-state index in [2.05, 4.69) is 17.1 Å². The smallest absolute Gasteiger partial charge is 0.311 e. The topological polar surface area (TPSA) is 106 Å². The molecular weight excluding hydrogens is 351 g/mol. The van der Waals surface area contributed by atoms with E-state index in [9.17, 15) is 10.5 Å². The standard InChI is InChI=1S/C16H12Cl2N4O2/c1-8-5-23-16(24-8)15(7-20)12(14(15,6-19)13(21)22-16)9-3-2-4-10(17)11(9)18/h2-4,8,12H,5H2,1H3,(H2,21,22)/p+1/t8-,12-,14-,15-,16-/m1/s1. The second-order valence-corrected chi connectivity index (χ2v) is 7.10. The highest BCUT2D eigenvalue weighted by Gasteiger charge is 2.98. The molecule has 1 aromatic rings. The van der Waals surface area contributed by atoms with Gasteiger partial charge in [-0.1, -0.05) is 35.3 Å². The van der Waals surface area contributed by atoms with Crippen molar-refractivity contribution in [2.75, 3.05) is 6.61 Å². The van der Waals surface area contributed by atoms with Crippen molar-refractivity contribution < 1.29 is 14.5 Å². The van der Waals surface area contributed by atoms with E-state index in [1.165, 1.54) is 0 Å². The second kappa shape index (κ2) is 4.62. The average molecular weight is 364 g/mol. The number of amidine groups is 1. The number of nitriles is 2. The lowest BCUT2D eigenvalue weighted by molar-refractivity contribution is -0.677. The first-order valence-electron chi connectivity index (χ1n) is 7.39. The number of halogens is 2. The van der Waals surface area contributed by atoms with Gasteiger partial charge < -0.3 is 9.47 Å². The quantitative estimate of drug-likeness (QED) is 0.761. The Hall–Kier alpha value is -1.83. The highest BCUT2D eigenvalue weighted by molar-refractivity contribution is 6.42. The predicted molar refractivity (Wildman–Crippen MR) is 84.7 cm³/mol. The normalized spacial score (nSPS) is 42.3. The van der Waals surface area contributed by atoms with Crippen LogP contribution in [0.2, 0.25) is 10.0 Å². The van der Waals surface area contributed by atoms with Crippen molar-refractivity contribution in [3.63, 3.8) is 0 Å². The summed E-state index contributed by atoms with van der Waals surface area (Å²) in [7, 11) is 0. The number of nitrogens with zero attached hydrogens (tertiary/aromatic N) is 2. The van der Waals surface area contributed by atoms with Crippen molar-refractivity contribution in [3.05, 3.63) is 33.8 Å². The van der Waals surface area contributed by atoms with Crippen molar-refractivity contribution in [2.24, 2.45) is 16.6 Å². The molecule has 5 atom stereocenters. The Morgan fingerprint density at radius 2 is 2.08 bits per heavy atom. The maximum absolute atomic E-state index is 10.0. The number of nitrogens with one attached hydrogen (secondary N) is 1. The van der Waals surface area contributed by atoms with Gasteiger partial charge in [0.2, 0.25) is 0 Å². The van der Waals surface area contributed by atoms with Gasteiger partial charge in [-0.3, -0.25) is 5.73 Å². The molecule has 0 unspecified atom stereocenters. The Morgan fingerprint density at radius 3 is 2.67 bits per heavy atom. The van der Waals surface area contributed by atoms with Gasteiger partial charge in [0.15, 0.2) is 10.8 Å². The van der Waals surface area contributed by atoms with E-state index in [4.69, 9.17) is 38.4 Å². The minimum atomic E-state index is -1.46. The molecule has 3 aliphatic rings. The fourth-order valence-electron chi connectivity index (χ4n) is 4.17. The fourth-order valence-corrected chi connectivity index (χ4v) is 4.59. The number of ether oxygens (including phenoxy) is 2. The van der Waals surface area contributed by atoms with Crippen LogP contribution in [0.1, 0.15) is 18.4 Å². The molecule has 24 heavy (non-hydrogen) atoms. The van der Waals surface area contributed by atoms with Crippen molar-refractivity contribution >= 4 is 29.0 Å². The molecule has 122 valence electrons. The number of hydrogen-bond acceptors (Lipinski definition) is 5. The molecule has 0 aromatic heterocycles. The largest absolute Gasteiger partial charge is 0.343 e. The predicted octanol–water partition coefficient (Wildman–Crippen LogP) is 0.651. The summed E-state index contributed by atoms with van der Waals surface area (Å²) >= 11 is 12.5. The van der Waals surface area contributed by atoms with Crippen LogP contribution in [0.15, 0.2) is 18.2 Å². The first kappa shape index (κ1) is 15.7. The fraction of sp³-hybridized carbons (Fsp3) is 0.438. The van der Waals surface area contributed by atoms with Crippen LogP contribution in [0, 0.1) is 33.5 Å². The van der Waals surface area contributed by atoms with Crippen molar-refractivity contribution in [3.8, 4) is 12.1 Å². The van der Waals surface area contributed by atoms with Crippen molar-refractivity contribution in [1.82, 2.24) is 0 Å². The number of hydrogen-bond donors (Lipinski definition) is 2. The Labute approximate surface area is 148 Å². The average Bonchev–Trinajstić information content (AvgIpc) is 2.93. The molecule has 1 aliphatic carbocycles. The van der Waals surface area contributed by atoms with Gasteiger partial charge in [0.05, 0.1) is 34.9 Å². The second-order valence-electron chi connectivity index (χ2n) is 6.31. The summed E-state index contributed by atoms with van der Waals surface area (Å²) in [5.74, 6) is -1.91. The van der Waals surface area contributed by atoms with Crippen LogP contribution < -0.4 is 10.7 Å². The Balaban J connectivity index is 1.96. The lowest BCUT2D eigenvalue weighted by atomic mass is 9.94. The lowest BCUT2D eigenvalue weighted by Gasteiger charge is -2.24. The molecule has 1 aromatic carbocycles. The van der Waals surface area contributed by atoms with Crippen LogP contribution >= 0.6 is 23.2 Å². The molecule has 0 radical (unpaired) electrons. The van der Waals surface area contributed by atoms with E-state index in [0.29, 0.717) is 22.2 Å². The van der Waals surface area contributed by atoms with Crippen LogP contribution in [-0.4, -0.2) is 24.5 Å². The third-order valence-electron chi connectivity index (χ3n) is 5.18. The van der Waals surface area contributed by atoms with E-state index in [0.717, 1.165) is 0 Å².